The number of nitrogen functional groups attached to an aromatic ring is 1. The second kappa shape index (κ2) is 7.28. The molecule has 0 aromatic carbocycles. The van der Waals surface area contributed by atoms with Crippen molar-refractivity contribution in [2.45, 2.75) is 46.6 Å². The normalized spacial score (nSPS) is 13.0. The summed E-state index contributed by atoms with van der Waals surface area (Å²) >= 11 is 0. The summed E-state index contributed by atoms with van der Waals surface area (Å²) in [5.41, 5.74) is 6.93. The van der Waals surface area contributed by atoms with E-state index in [1.807, 2.05) is 6.92 Å². The Bertz CT molecular complexity index is 393. The van der Waals surface area contributed by atoms with Crippen LogP contribution in [0.1, 0.15) is 46.1 Å². The van der Waals surface area contributed by atoms with Gasteiger partial charge in [-0.2, -0.15) is 0 Å². The van der Waals surface area contributed by atoms with Crippen LogP contribution in [0.4, 0.5) is 11.6 Å². The van der Waals surface area contributed by atoms with Crippen LogP contribution in [-0.2, 0) is 4.74 Å². The van der Waals surface area contributed by atoms with Crippen molar-refractivity contribution < 1.29 is 4.74 Å². The van der Waals surface area contributed by atoms with Gasteiger partial charge in [-0.1, -0.05) is 27.7 Å². The van der Waals surface area contributed by atoms with Crippen LogP contribution in [0.5, 0.6) is 0 Å². The monoisotopic (exact) mass is 266 g/mol. The Labute approximate surface area is 116 Å². The molecule has 1 atom stereocenters. The Morgan fingerprint density at radius 1 is 1.26 bits per heavy atom. The van der Waals surface area contributed by atoms with Gasteiger partial charge in [-0.3, -0.25) is 0 Å². The molecule has 19 heavy (non-hydrogen) atoms. The Kier molecular flexibility index (Phi) is 6.02. The smallest absolute Gasteiger partial charge is 0.135 e. The maximum Gasteiger partial charge on any atom is 0.135 e. The molecule has 1 aromatic rings. The number of anilines is 2. The molecule has 0 aliphatic carbocycles. The minimum atomic E-state index is 0.215. The van der Waals surface area contributed by atoms with Crippen molar-refractivity contribution in [2.75, 3.05) is 24.3 Å². The molecule has 5 heteroatoms. The highest BCUT2D eigenvalue weighted by Crippen LogP contribution is 2.27. The zero-order chi connectivity index (χ0) is 14.4. The lowest BCUT2D eigenvalue weighted by atomic mass is 10.0. The molecule has 0 saturated heterocycles. The maximum absolute atomic E-state index is 5.95. The molecular weight excluding hydrogens is 240 g/mol. The van der Waals surface area contributed by atoms with Gasteiger partial charge >= 0.3 is 0 Å². The van der Waals surface area contributed by atoms with Gasteiger partial charge in [0, 0.05) is 12.2 Å². The fourth-order valence-electron chi connectivity index (χ4n) is 1.91. The zero-order valence-corrected chi connectivity index (χ0v) is 12.6. The van der Waals surface area contributed by atoms with Crippen LogP contribution in [0.3, 0.4) is 0 Å². The molecule has 3 N–H and O–H groups in total. The summed E-state index contributed by atoms with van der Waals surface area (Å²) in [6, 6.07) is 0.215. The number of nitrogens with two attached hydrogens (primary N) is 1. The Morgan fingerprint density at radius 3 is 2.47 bits per heavy atom. The lowest BCUT2D eigenvalue weighted by Gasteiger charge is -2.25. The van der Waals surface area contributed by atoms with Gasteiger partial charge in [0.05, 0.1) is 12.6 Å². The highest BCUT2D eigenvalue weighted by Gasteiger charge is 2.18. The van der Waals surface area contributed by atoms with Crippen LogP contribution < -0.4 is 11.1 Å². The van der Waals surface area contributed by atoms with Gasteiger partial charge in [0.1, 0.15) is 18.0 Å². The molecule has 1 rings (SSSR count). The van der Waals surface area contributed by atoms with Crippen molar-refractivity contribution in [3.63, 3.8) is 0 Å². The van der Waals surface area contributed by atoms with Gasteiger partial charge < -0.3 is 15.8 Å². The zero-order valence-electron chi connectivity index (χ0n) is 12.6. The van der Waals surface area contributed by atoms with E-state index < -0.39 is 0 Å². The van der Waals surface area contributed by atoms with Crippen LogP contribution in [0.25, 0.3) is 0 Å². The van der Waals surface area contributed by atoms with Gasteiger partial charge in [0.2, 0.25) is 0 Å². The first-order chi connectivity index (χ1) is 8.97. The Balaban J connectivity index is 2.92. The van der Waals surface area contributed by atoms with Crippen molar-refractivity contribution in [1.82, 2.24) is 9.97 Å². The summed E-state index contributed by atoms with van der Waals surface area (Å²) in [6.45, 7) is 11.9. The van der Waals surface area contributed by atoms with Gasteiger partial charge in [-0.05, 0) is 18.8 Å². The first kappa shape index (κ1) is 15.7. The summed E-state index contributed by atoms with van der Waals surface area (Å²) < 4.78 is 5.52. The molecular formula is C14H26N4O. The molecule has 0 radical (unpaired) electrons. The molecule has 0 fully saturated rings. The quantitative estimate of drug-likeness (QED) is 0.793. The summed E-state index contributed by atoms with van der Waals surface area (Å²) in [4.78, 5) is 8.40. The molecule has 1 heterocycles. The fourth-order valence-corrected chi connectivity index (χ4v) is 1.91. The van der Waals surface area contributed by atoms with Crippen molar-refractivity contribution in [3.05, 3.63) is 11.9 Å². The van der Waals surface area contributed by atoms with E-state index in [4.69, 9.17) is 10.5 Å². The van der Waals surface area contributed by atoms with Crippen LogP contribution in [0, 0.1) is 5.92 Å². The third kappa shape index (κ3) is 4.35. The number of nitrogens with zero attached hydrogens (tertiary/aromatic N) is 2. The average Bonchev–Trinajstić information content (AvgIpc) is 2.33. The Morgan fingerprint density at radius 2 is 1.95 bits per heavy atom. The van der Waals surface area contributed by atoms with Crippen molar-refractivity contribution in [3.8, 4) is 0 Å². The molecule has 0 saturated carbocycles. The molecule has 5 nitrogen and oxygen atoms in total. The van der Waals surface area contributed by atoms with E-state index in [1.54, 1.807) is 0 Å². The highest BCUT2D eigenvalue weighted by molar-refractivity contribution is 5.57. The van der Waals surface area contributed by atoms with Crippen molar-refractivity contribution in [1.29, 1.82) is 0 Å². The highest BCUT2D eigenvalue weighted by atomic mass is 16.5. The lowest BCUT2D eigenvalue weighted by molar-refractivity contribution is 0.126. The molecule has 1 aromatic heterocycles. The minimum Gasteiger partial charge on any atom is -0.383 e. The number of nitrogens with one attached hydrogen (secondary N) is 1. The first-order valence-corrected chi connectivity index (χ1v) is 6.92. The number of ether oxygens (including phenoxy) is 1. The number of aromatic nitrogens is 2. The van der Waals surface area contributed by atoms with Crippen LogP contribution in [0.15, 0.2) is 6.33 Å². The average molecular weight is 266 g/mol. The molecule has 0 spiro atoms. The molecule has 0 bridgehead atoms. The summed E-state index contributed by atoms with van der Waals surface area (Å²) in [5, 5.41) is 3.45. The largest absolute Gasteiger partial charge is 0.383 e. The predicted octanol–water partition coefficient (Wildman–Crippen LogP) is 2.66. The van der Waals surface area contributed by atoms with Crippen molar-refractivity contribution >= 4 is 11.6 Å². The van der Waals surface area contributed by atoms with Gasteiger partial charge in [-0.15, -0.1) is 0 Å². The summed E-state index contributed by atoms with van der Waals surface area (Å²) in [7, 11) is 0. The van der Waals surface area contributed by atoms with Gasteiger partial charge in [0.25, 0.3) is 0 Å². The number of hydrogen-bond donors (Lipinski definition) is 2. The molecule has 108 valence electrons. The molecule has 1 unspecified atom stereocenters. The maximum atomic E-state index is 5.95. The number of rotatable bonds is 7. The Hall–Kier alpha value is -1.36. The third-order valence-electron chi connectivity index (χ3n) is 3.12. The van der Waals surface area contributed by atoms with E-state index >= 15 is 0 Å². The third-order valence-corrected chi connectivity index (χ3v) is 3.12. The van der Waals surface area contributed by atoms with E-state index in [0.29, 0.717) is 24.9 Å². The van der Waals surface area contributed by atoms with E-state index in [1.165, 1.54) is 6.33 Å². The van der Waals surface area contributed by atoms with Crippen molar-refractivity contribution in [2.24, 2.45) is 5.92 Å². The first-order valence-electron chi connectivity index (χ1n) is 6.92. The number of hydrogen-bond acceptors (Lipinski definition) is 5. The summed E-state index contributed by atoms with van der Waals surface area (Å²) in [6.07, 6.45) is 1.50. The molecule has 0 aliphatic rings. The fraction of sp³-hybridized carbons (Fsp3) is 0.714. The summed E-state index contributed by atoms with van der Waals surface area (Å²) in [5.74, 6) is 2.10. The topological polar surface area (TPSA) is 73.1 Å². The van der Waals surface area contributed by atoms with Crippen LogP contribution >= 0.6 is 0 Å². The van der Waals surface area contributed by atoms with Crippen LogP contribution in [-0.4, -0.2) is 29.2 Å². The van der Waals surface area contributed by atoms with Gasteiger partial charge in [-0.25, -0.2) is 9.97 Å². The predicted molar refractivity (Wildman–Crippen MR) is 79.3 cm³/mol. The molecule has 0 amide bonds. The standard InChI is InChI=1S/C14H26N4O/c1-6-19-7-11(9(2)3)18-14-12(10(4)5)13(15)16-8-17-14/h8-11H,6-7H2,1-5H3,(H3,15,16,17,18). The van der Waals surface area contributed by atoms with E-state index in [2.05, 4.69) is 43.0 Å². The van der Waals surface area contributed by atoms with Gasteiger partial charge in [0.15, 0.2) is 0 Å². The van der Waals surface area contributed by atoms with E-state index in [0.717, 1.165) is 11.4 Å². The second-order valence-corrected chi connectivity index (χ2v) is 5.33. The second-order valence-electron chi connectivity index (χ2n) is 5.33. The van der Waals surface area contributed by atoms with Crippen LogP contribution in [0.2, 0.25) is 0 Å². The molecule has 0 aliphatic heterocycles. The van der Waals surface area contributed by atoms with E-state index in [-0.39, 0.29) is 12.0 Å². The SMILES string of the molecule is CCOCC(Nc1ncnc(N)c1C(C)C)C(C)C. The minimum absolute atomic E-state index is 0.215. The van der Waals surface area contributed by atoms with E-state index in [9.17, 15) is 0 Å². The lowest BCUT2D eigenvalue weighted by Crippen LogP contribution is -2.32.